The molecule has 2 N–H and O–H groups in total. The molecule has 1 fully saturated rings. The number of hydrogen-bond acceptors (Lipinski definition) is 6. The van der Waals surface area contributed by atoms with E-state index in [-0.39, 0.29) is 18.2 Å². The van der Waals surface area contributed by atoms with Gasteiger partial charge in [0.2, 0.25) is 5.91 Å². The monoisotopic (exact) mass is 508 g/mol. The maximum atomic E-state index is 13.4. The second-order valence-electron chi connectivity index (χ2n) is 7.95. The van der Waals surface area contributed by atoms with Gasteiger partial charge in [-0.2, -0.15) is 11.3 Å². The van der Waals surface area contributed by atoms with Crippen molar-refractivity contribution in [3.8, 4) is 5.75 Å². The molecule has 8 heteroatoms. The zero-order valence-corrected chi connectivity index (χ0v) is 20.3. The molecule has 1 saturated heterocycles. The summed E-state index contributed by atoms with van der Waals surface area (Å²) >= 11 is 10.1. The van der Waals surface area contributed by atoms with E-state index >= 15 is 0 Å². The molecular formula is C26H21ClN2O3S2. The number of nitrogens with one attached hydrogen (secondary N) is 2. The minimum Gasteiger partial charge on any atom is -0.441 e. The van der Waals surface area contributed by atoms with Gasteiger partial charge in [-0.05, 0) is 58.8 Å². The molecule has 172 valence electrons. The lowest BCUT2D eigenvalue weighted by atomic mass is 9.83. The highest BCUT2D eigenvalue weighted by Gasteiger charge is 2.53. The highest BCUT2D eigenvalue weighted by atomic mass is 35.5. The minimum absolute atomic E-state index is 0.172. The Labute approximate surface area is 210 Å². The van der Waals surface area contributed by atoms with Gasteiger partial charge < -0.3 is 15.4 Å². The molecule has 5 nitrogen and oxygen atoms in total. The quantitative estimate of drug-likeness (QED) is 0.256. The van der Waals surface area contributed by atoms with E-state index in [4.69, 9.17) is 16.3 Å². The standard InChI is InChI=1S/C26H21ClN2O3S2/c27-26(24-21(30)15-20(28-25(24)31)17-13-14-33-16-17)22(34-19-9-5-2-6-10-19)11-12-23(29-26)32-18-7-3-1-4-8-18/h1-14,16,20,24,29H,15H2,(H,28,31). The van der Waals surface area contributed by atoms with Crippen LogP contribution in [0.15, 0.2) is 105 Å². The van der Waals surface area contributed by atoms with E-state index in [1.54, 1.807) is 6.08 Å². The molecule has 3 atom stereocenters. The molecule has 3 aromatic rings. The molecule has 3 heterocycles. The SMILES string of the molecule is O=C1CC(c2ccsc2)NC(=O)C1C1(Cl)NC(Oc2ccccc2)=CC=C1Sc1ccccc1. The number of carbonyl (C=O) groups excluding carboxylic acids is 2. The number of para-hydroxylation sites is 1. The number of allylic oxidation sites excluding steroid dienone is 2. The zero-order chi connectivity index (χ0) is 23.5. The Bertz CT molecular complexity index is 1230. The van der Waals surface area contributed by atoms with Gasteiger partial charge >= 0.3 is 0 Å². The number of Topliss-reactive ketones (excluding diaryl/α,β-unsaturated/α-hetero) is 1. The lowest BCUT2D eigenvalue weighted by molar-refractivity contribution is -0.139. The van der Waals surface area contributed by atoms with Crippen LogP contribution >= 0.6 is 34.7 Å². The Morgan fingerprint density at radius 3 is 2.41 bits per heavy atom. The zero-order valence-electron chi connectivity index (χ0n) is 17.9. The second kappa shape index (κ2) is 9.70. The van der Waals surface area contributed by atoms with E-state index in [0.29, 0.717) is 16.5 Å². The third-order valence-electron chi connectivity index (χ3n) is 5.64. The first kappa shape index (κ1) is 22.8. The number of benzene rings is 2. The fourth-order valence-corrected chi connectivity index (χ4v) is 6.22. The molecule has 0 aliphatic carbocycles. The number of thioether (sulfide) groups is 1. The molecule has 0 bridgehead atoms. The minimum atomic E-state index is -1.50. The van der Waals surface area contributed by atoms with E-state index in [9.17, 15) is 9.59 Å². The van der Waals surface area contributed by atoms with E-state index in [1.165, 1.54) is 23.1 Å². The third kappa shape index (κ3) is 4.64. The van der Waals surface area contributed by atoms with Gasteiger partial charge in [0.1, 0.15) is 11.7 Å². The van der Waals surface area contributed by atoms with E-state index in [0.717, 1.165) is 10.5 Å². The maximum absolute atomic E-state index is 13.4. The van der Waals surface area contributed by atoms with E-state index in [1.807, 2.05) is 83.6 Å². The molecular weight excluding hydrogens is 488 g/mol. The van der Waals surface area contributed by atoms with Crippen molar-refractivity contribution in [3.05, 3.63) is 106 Å². The van der Waals surface area contributed by atoms with Crippen LogP contribution in [0, 0.1) is 5.92 Å². The summed E-state index contributed by atoms with van der Waals surface area (Å²) in [5, 5.41) is 10.0. The first-order valence-electron chi connectivity index (χ1n) is 10.7. The summed E-state index contributed by atoms with van der Waals surface area (Å²) in [5.41, 5.74) is 0.924. The molecule has 2 aliphatic rings. The van der Waals surface area contributed by atoms with Gasteiger partial charge in [-0.1, -0.05) is 59.8 Å². The van der Waals surface area contributed by atoms with Crippen LogP contribution in [0.3, 0.4) is 0 Å². The van der Waals surface area contributed by atoms with Crippen LogP contribution in [-0.4, -0.2) is 16.7 Å². The highest BCUT2D eigenvalue weighted by Crippen LogP contribution is 2.46. The van der Waals surface area contributed by atoms with Gasteiger partial charge in [-0.15, -0.1) is 0 Å². The van der Waals surface area contributed by atoms with Crippen molar-refractivity contribution < 1.29 is 14.3 Å². The number of amides is 1. The van der Waals surface area contributed by atoms with Crippen LogP contribution in [0.2, 0.25) is 0 Å². The van der Waals surface area contributed by atoms with Crippen molar-refractivity contribution in [2.75, 3.05) is 0 Å². The number of hydrogen-bond donors (Lipinski definition) is 2. The molecule has 0 spiro atoms. The Morgan fingerprint density at radius 2 is 1.74 bits per heavy atom. The van der Waals surface area contributed by atoms with Crippen molar-refractivity contribution in [2.45, 2.75) is 22.4 Å². The molecule has 1 aromatic heterocycles. The molecule has 5 rings (SSSR count). The summed E-state index contributed by atoms with van der Waals surface area (Å²) in [6.45, 7) is 0. The van der Waals surface area contributed by atoms with Crippen LogP contribution in [0.5, 0.6) is 5.75 Å². The van der Waals surface area contributed by atoms with Gasteiger partial charge in [-0.25, -0.2) is 0 Å². The molecule has 1 amide bonds. The Balaban J connectivity index is 1.46. The number of carbonyl (C=O) groups is 2. The predicted octanol–water partition coefficient (Wildman–Crippen LogP) is 5.63. The van der Waals surface area contributed by atoms with Gasteiger partial charge in [0, 0.05) is 16.2 Å². The number of thiophene rings is 1. The topological polar surface area (TPSA) is 67.4 Å². The predicted molar refractivity (Wildman–Crippen MR) is 136 cm³/mol. The van der Waals surface area contributed by atoms with Crippen molar-refractivity contribution in [2.24, 2.45) is 5.92 Å². The maximum Gasteiger partial charge on any atom is 0.235 e. The van der Waals surface area contributed by atoms with Crippen LogP contribution < -0.4 is 15.4 Å². The van der Waals surface area contributed by atoms with Crippen molar-refractivity contribution in [3.63, 3.8) is 0 Å². The highest BCUT2D eigenvalue weighted by molar-refractivity contribution is 8.03. The molecule has 0 saturated carbocycles. The number of rotatable bonds is 6. The number of ketones is 1. The van der Waals surface area contributed by atoms with Crippen LogP contribution in [0.25, 0.3) is 0 Å². The lowest BCUT2D eigenvalue weighted by Crippen LogP contribution is -2.60. The average molecular weight is 509 g/mol. The number of halogens is 1. The molecule has 2 aromatic carbocycles. The van der Waals surface area contributed by atoms with Gasteiger partial charge in [0.15, 0.2) is 16.7 Å². The molecule has 3 unspecified atom stereocenters. The average Bonchev–Trinajstić information content (AvgIpc) is 3.37. The number of ether oxygens (including phenoxy) is 1. The van der Waals surface area contributed by atoms with Crippen LogP contribution in [-0.2, 0) is 9.59 Å². The van der Waals surface area contributed by atoms with E-state index in [2.05, 4.69) is 10.6 Å². The Kier molecular flexibility index (Phi) is 6.50. The fraction of sp³-hybridized carbons (Fsp3) is 0.154. The number of alkyl halides is 1. The van der Waals surface area contributed by atoms with Crippen molar-refractivity contribution in [1.29, 1.82) is 0 Å². The Hall–Kier alpha value is -3.00. The van der Waals surface area contributed by atoms with Crippen LogP contribution in [0.4, 0.5) is 0 Å². The molecule has 34 heavy (non-hydrogen) atoms. The largest absolute Gasteiger partial charge is 0.441 e. The van der Waals surface area contributed by atoms with Gasteiger partial charge in [0.25, 0.3) is 0 Å². The number of dihydropyridines is 1. The van der Waals surface area contributed by atoms with E-state index < -0.39 is 16.8 Å². The Morgan fingerprint density at radius 1 is 1.00 bits per heavy atom. The summed E-state index contributed by atoms with van der Waals surface area (Å²) < 4.78 is 5.96. The van der Waals surface area contributed by atoms with Crippen molar-refractivity contribution >= 4 is 46.4 Å². The van der Waals surface area contributed by atoms with Crippen LogP contribution in [0.1, 0.15) is 18.0 Å². The van der Waals surface area contributed by atoms with Crippen molar-refractivity contribution in [1.82, 2.24) is 10.6 Å². The normalized spacial score (nSPS) is 24.5. The summed E-state index contributed by atoms with van der Waals surface area (Å²) in [7, 11) is 0. The summed E-state index contributed by atoms with van der Waals surface area (Å²) in [5.74, 6) is -0.781. The summed E-state index contributed by atoms with van der Waals surface area (Å²) in [4.78, 5) is 26.8. The molecule has 2 aliphatic heterocycles. The lowest BCUT2D eigenvalue weighted by Gasteiger charge is -2.41. The first-order chi connectivity index (χ1) is 16.5. The first-order valence-corrected chi connectivity index (χ1v) is 12.9. The fourth-order valence-electron chi connectivity index (χ4n) is 4.02. The summed E-state index contributed by atoms with van der Waals surface area (Å²) in [6, 6.07) is 20.5. The number of piperidine rings is 1. The smallest absolute Gasteiger partial charge is 0.235 e. The van der Waals surface area contributed by atoms with Gasteiger partial charge in [0.05, 0.1) is 6.04 Å². The molecule has 0 radical (unpaired) electrons. The third-order valence-corrected chi connectivity index (χ3v) is 8.16. The second-order valence-corrected chi connectivity index (χ2v) is 10.4. The summed E-state index contributed by atoms with van der Waals surface area (Å²) in [6.07, 6.45) is 3.74. The van der Waals surface area contributed by atoms with Gasteiger partial charge in [-0.3, -0.25) is 9.59 Å².